The van der Waals surface area contributed by atoms with Gasteiger partial charge >= 0.3 is 5.97 Å². The number of rotatable bonds is 3. The van der Waals surface area contributed by atoms with Crippen LogP contribution in [0, 0.1) is 7.14 Å². The lowest BCUT2D eigenvalue weighted by Gasteiger charge is -2.05. The molecule has 4 nitrogen and oxygen atoms in total. The fourth-order valence-electron chi connectivity index (χ4n) is 0.969. The zero-order valence-electron chi connectivity index (χ0n) is 7.88. The summed E-state index contributed by atoms with van der Waals surface area (Å²) in [4.78, 5) is 14.9. The SMILES string of the molecule is NC(CCl)=Nc1c(I)cc(C(=O)O)cc1I. The Bertz CT molecular complexity index is 440. The van der Waals surface area contributed by atoms with Crippen molar-refractivity contribution in [1.29, 1.82) is 0 Å². The predicted octanol–water partition coefficient (Wildman–Crippen LogP) is 2.82. The number of carboxylic acids is 1. The van der Waals surface area contributed by atoms with Gasteiger partial charge in [0.1, 0.15) is 5.84 Å². The van der Waals surface area contributed by atoms with Crippen LogP contribution in [0.3, 0.4) is 0 Å². The highest BCUT2D eigenvalue weighted by atomic mass is 127. The van der Waals surface area contributed by atoms with Gasteiger partial charge in [-0.15, -0.1) is 11.6 Å². The summed E-state index contributed by atoms with van der Waals surface area (Å²) in [5.74, 6) is -0.510. The third-order valence-electron chi connectivity index (χ3n) is 1.66. The first-order valence-electron chi connectivity index (χ1n) is 4.07. The molecule has 0 aromatic heterocycles. The molecule has 0 aliphatic heterocycles. The van der Waals surface area contributed by atoms with Crippen LogP contribution in [0.2, 0.25) is 0 Å². The Hall–Kier alpha value is -0.0900. The van der Waals surface area contributed by atoms with Crippen molar-refractivity contribution in [2.24, 2.45) is 10.7 Å². The number of hydrogen-bond donors (Lipinski definition) is 2. The Morgan fingerprint density at radius 3 is 2.31 bits per heavy atom. The maximum atomic E-state index is 10.8. The molecule has 0 aliphatic rings. The van der Waals surface area contributed by atoms with Gasteiger partial charge in [-0.1, -0.05) is 0 Å². The van der Waals surface area contributed by atoms with Gasteiger partial charge in [-0.05, 0) is 57.3 Å². The molecule has 1 aromatic rings. The predicted molar refractivity (Wildman–Crippen MR) is 80.8 cm³/mol. The minimum Gasteiger partial charge on any atom is -0.478 e. The Labute approximate surface area is 125 Å². The number of benzene rings is 1. The second kappa shape index (κ2) is 6.01. The maximum Gasteiger partial charge on any atom is 0.335 e. The number of hydrogen-bond acceptors (Lipinski definition) is 2. The summed E-state index contributed by atoms with van der Waals surface area (Å²) < 4.78 is 1.46. The standard InChI is InChI=1S/C9H7ClI2N2O2/c10-3-7(13)14-8-5(11)1-4(9(15)16)2-6(8)12/h1-2H,3H2,(H2,13,14)(H,15,16). The van der Waals surface area contributed by atoms with Crippen LogP contribution in [0.5, 0.6) is 0 Å². The van der Waals surface area contributed by atoms with Crippen molar-refractivity contribution in [1.82, 2.24) is 0 Å². The molecule has 0 aliphatic carbocycles. The summed E-state index contributed by atoms with van der Waals surface area (Å²) in [6, 6.07) is 3.09. The Kier molecular flexibility index (Phi) is 5.25. The molecule has 86 valence electrons. The maximum absolute atomic E-state index is 10.8. The normalized spacial score (nSPS) is 11.6. The Morgan fingerprint density at radius 2 is 1.94 bits per heavy atom. The van der Waals surface area contributed by atoms with Crippen molar-refractivity contribution < 1.29 is 9.90 Å². The minimum absolute atomic E-state index is 0.146. The van der Waals surface area contributed by atoms with Crippen molar-refractivity contribution in [3.05, 3.63) is 24.8 Å². The number of aliphatic imine (C=N–C) groups is 1. The second-order valence-corrected chi connectivity index (χ2v) is 5.42. The first-order chi connectivity index (χ1) is 7.45. The van der Waals surface area contributed by atoms with E-state index in [9.17, 15) is 4.79 Å². The average molecular weight is 464 g/mol. The summed E-state index contributed by atoms with van der Waals surface area (Å²) in [7, 11) is 0. The molecule has 16 heavy (non-hydrogen) atoms. The molecule has 0 saturated heterocycles. The smallest absolute Gasteiger partial charge is 0.335 e. The molecule has 0 atom stereocenters. The summed E-state index contributed by atoms with van der Waals surface area (Å²) in [5.41, 5.74) is 6.43. The molecule has 0 fully saturated rings. The highest BCUT2D eigenvalue weighted by Gasteiger charge is 2.11. The van der Waals surface area contributed by atoms with Crippen LogP contribution >= 0.6 is 56.8 Å². The van der Waals surface area contributed by atoms with Crippen molar-refractivity contribution in [3.63, 3.8) is 0 Å². The summed E-state index contributed by atoms with van der Waals surface area (Å²) >= 11 is 9.58. The van der Waals surface area contributed by atoms with E-state index in [-0.39, 0.29) is 11.4 Å². The molecule has 7 heteroatoms. The molecule has 0 spiro atoms. The summed E-state index contributed by atoms with van der Waals surface area (Å²) in [6.45, 7) is 0. The number of amidine groups is 1. The summed E-state index contributed by atoms with van der Waals surface area (Å²) in [6.07, 6.45) is 0. The van der Waals surface area contributed by atoms with Crippen LogP contribution in [0.1, 0.15) is 10.4 Å². The zero-order chi connectivity index (χ0) is 12.3. The van der Waals surface area contributed by atoms with Crippen LogP contribution in [-0.4, -0.2) is 22.8 Å². The quantitative estimate of drug-likeness (QED) is 0.313. The lowest BCUT2D eigenvalue weighted by molar-refractivity contribution is 0.0697. The number of carbonyl (C=O) groups is 1. The first-order valence-corrected chi connectivity index (χ1v) is 6.76. The molecule has 3 N–H and O–H groups in total. The third kappa shape index (κ3) is 3.45. The first kappa shape index (κ1) is 14.0. The second-order valence-electron chi connectivity index (χ2n) is 2.83. The topological polar surface area (TPSA) is 75.7 Å². The van der Waals surface area contributed by atoms with Crippen molar-refractivity contribution in [3.8, 4) is 0 Å². The molecular formula is C9H7ClI2N2O2. The van der Waals surface area contributed by atoms with E-state index in [1.807, 2.05) is 45.2 Å². The lowest BCUT2D eigenvalue weighted by Crippen LogP contribution is -2.12. The number of nitrogens with zero attached hydrogens (tertiary/aromatic N) is 1. The molecule has 0 unspecified atom stereocenters. The van der Waals surface area contributed by atoms with Crippen molar-refractivity contribution in [2.45, 2.75) is 0 Å². The third-order valence-corrected chi connectivity index (χ3v) is 3.57. The molecular weight excluding hydrogens is 457 g/mol. The number of alkyl halides is 1. The van der Waals surface area contributed by atoms with Crippen LogP contribution in [0.15, 0.2) is 17.1 Å². The van der Waals surface area contributed by atoms with Gasteiger partial charge in [-0.3, -0.25) is 0 Å². The number of halogens is 3. The molecule has 0 radical (unpaired) electrons. The molecule has 1 aromatic carbocycles. The number of aromatic carboxylic acids is 1. The fourth-order valence-corrected chi connectivity index (χ4v) is 3.04. The van der Waals surface area contributed by atoms with Gasteiger partial charge in [0.2, 0.25) is 0 Å². The van der Waals surface area contributed by atoms with Crippen LogP contribution in [0.25, 0.3) is 0 Å². The van der Waals surface area contributed by atoms with E-state index < -0.39 is 5.97 Å². The number of nitrogens with two attached hydrogens (primary N) is 1. The molecule has 0 bridgehead atoms. The van der Waals surface area contributed by atoms with Crippen LogP contribution in [-0.2, 0) is 0 Å². The van der Waals surface area contributed by atoms with E-state index in [1.54, 1.807) is 12.1 Å². The van der Waals surface area contributed by atoms with Gasteiger partial charge in [0.15, 0.2) is 0 Å². The van der Waals surface area contributed by atoms with Gasteiger partial charge in [-0.2, -0.15) is 0 Å². The summed E-state index contributed by atoms with van der Waals surface area (Å²) in [5, 5.41) is 8.86. The zero-order valence-corrected chi connectivity index (χ0v) is 12.9. The highest BCUT2D eigenvalue weighted by molar-refractivity contribution is 14.1. The average Bonchev–Trinajstić information content (AvgIpc) is 2.22. The number of carboxylic acid groups (broad SMARTS) is 1. The van der Waals surface area contributed by atoms with E-state index in [4.69, 9.17) is 22.4 Å². The monoisotopic (exact) mass is 464 g/mol. The molecule has 1 rings (SSSR count). The Morgan fingerprint density at radius 1 is 1.44 bits per heavy atom. The van der Waals surface area contributed by atoms with Gasteiger partial charge in [0.25, 0.3) is 0 Å². The lowest BCUT2D eigenvalue weighted by atomic mass is 10.2. The minimum atomic E-state index is -0.961. The highest BCUT2D eigenvalue weighted by Crippen LogP contribution is 2.29. The molecule has 0 amide bonds. The fraction of sp³-hybridized carbons (Fsp3) is 0.111. The van der Waals surface area contributed by atoms with Crippen LogP contribution in [0.4, 0.5) is 5.69 Å². The van der Waals surface area contributed by atoms with Gasteiger partial charge in [-0.25, -0.2) is 9.79 Å². The van der Waals surface area contributed by atoms with E-state index in [1.165, 1.54) is 0 Å². The Balaban J connectivity index is 3.28. The van der Waals surface area contributed by atoms with Gasteiger partial charge < -0.3 is 10.8 Å². The van der Waals surface area contributed by atoms with Crippen LogP contribution < -0.4 is 5.73 Å². The van der Waals surface area contributed by atoms with Crippen molar-refractivity contribution in [2.75, 3.05) is 5.88 Å². The van der Waals surface area contributed by atoms with E-state index in [0.717, 1.165) is 7.14 Å². The van der Waals surface area contributed by atoms with Gasteiger partial charge in [0, 0.05) is 7.14 Å². The van der Waals surface area contributed by atoms with Gasteiger partial charge in [0.05, 0.1) is 17.1 Å². The van der Waals surface area contributed by atoms with Crippen molar-refractivity contribution >= 4 is 74.3 Å². The van der Waals surface area contributed by atoms with E-state index >= 15 is 0 Å². The largest absolute Gasteiger partial charge is 0.478 e. The van der Waals surface area contributed by atoms with E-state index in [0.29, 0.717) is 11.5 Å². The molecule has 0 heterocycles. The van der Waals surface area contributed by atoms with E-state index in [2.05, 4.69) is 4.99 Å². The molecule has 0 saturated carbocycles.